The quantitative estimate of drug-likeness (QED) is 0.271. The number of piperazine rings is 1. The van der Waals surface area contributed by atoms with Gasteiger partial charge in [0.1, 0.15) is 11.7 Å². The number of carbonyl (C=O) groups excluding carboxylic acids is 1. The minimum Gasteiger partial charge on any atom is -0.443 e. The fraction of sp³-hybridized carbons (Fsp3) is 0.583. The zero-order chi connectivity index (χ0) is 35.9. The van der Waals surface area contributed by atoms with Crippen molar-refractivity contribution in [1.82, 2.24) is 29.5 Å². The Balaban J connectivity index is 1.50. The van der Waals surface area contributed by atoms with Gasteiger partial charge in [0.15, 0.2) is 8.32 Å². The third-order valence-corrected chi connectivity index (χ3v) is 14.4. The predicted molar refractivity (Wildman–Crippen MR) is 196 cm³/mol. The first-order valence-electron chi connectivity index (χ1n) is 17.1. The van der Waals surface area contributed by atoms with E-state index in [1.54, 1.807) is 21.8 Å². The molecule has 12 nitrogen and oxygen atoms in total. The van der Waals surface area contributed by atoms with Crippen molar-refractivity contribution in [2.75, 3.05) is 56.6 Å². The smallest absolute Gasteiger partial charge is 0.414 e. The molecule has 0 saturated carbocycles. The molecule has 0 bridgehead atoms. The molecule has 2 aliphatic heterocycles. The first-order valence-corrected chi connectivity index (χ1v) is 20.0. The van der Waals surface area contributed by atoms with E-state index in [0.717, 1.165) is 55.2 Å². The lowest BCUT2D eigenvalue weighted by Gasteiger charge is -2.39. The summed E-state index contributed by atoms with van der Waals surface area (Å²) in [5, 5.41) is 18.6. The van der Waals surface area contributed by atoms with Gasteiger partial charge < -0.3 is 19.4 Å². The van der Waals surface area contributed by atoms with Crippen molar-refractivity contribution in [2.45, 2.75) is 84.2 Å². The number of anilines is 3. The largest absolute Gasteiger partial charge is 0.443 e. The Labute approximate surface area is 292 Å². The fourth-order valence-corrected chi connectivity index (χ4v) is 7.07. The van der Waals surface area contributed by atoms with Crippen LogP contribution in [0.5, 0.6) is 0 Å². The molecular weight excluding hydrogens is 635 g/mol. The van der Waals surface area contributed by atoms with Crippen LogP contribution < -0.4 is 10.2 Å². The Morgan fingerprint density at radius 1 is 1.10 bits per heavy atom. The van der Waals surface area contributed by atoms with E-state index in [0.29, 0.717) is 36.0 Å². The summed E-state index contributed by atoms with van der Waals surface area (Å²) in [4.78, 5) is 29.4. The van der Waals surface area contributed by atoms with Gasteiger partial charge in [-0.3, -0.25) is 14.5 Å². The predicted octanol–water partition coefficient (Wildman–Crippen LogP) is 6.27. The highest BCUT2D eigenvalue weighted by Gasteiger charge is 2.47. The average Bonchev–Trinajstić information content (AvgIpc) is 3.51. The van der Waals surface area contributed by atoms with Crippen molar-refractivity contribution in [1.29, 1.82) is 5.26 Å². The molecule has 13 heteroatoms. The Hall–Kier alpha value is -3.83. The minimum absolute atomic E-state index is 0.0122. The second kappa shape index (κ2) is 13.5. The van der Waals surface area contributed by atoms with Crippen LogP contribution in [-0.4, -0.2) is 95.9 Å². The molecule has 2 aliphatic rings. The molecule has 5 rings (SSSR count). The van der Waals surface area contributed by atoms with Crippen molar-refractivity contribution in [2.24, 2.45) is 7.05 Å². The summed E-state index contributed by atoms with van der Waals surface area (Å²) in [6, 6.07) is 8.05. The Morgan fingerprint density at radius 3 is 2.43 bits per heavy atom. The van der Waals surface area contributed by atoms with Crippen LogP contribution in [0.1, 0.15) is 65.3 Å². The van der Waals surface area contributed by atoms with Crippen LogP contribution in [0.2, 0.25) is 18.1 Å². The molecule has 264 valence electrons. The van der Waals surface area contributed by atoms with Crippen LogP contribution in [0.3, 0.4) is 0 Å². The van der Waals surface area contributed by atoms with Crippen molar-refractivity contribution >= 4 is 31.7 Å². The number of aromatic nitrogens is 4. The van der Waals surface area contributed by atoms with E-state index in [4.69, 9.17) is 19.2 Å². The number of ether oxygens (including phenoxy) is 1. The number of aryl methyl sites for hydroxylation is 1. The van der Waals surface area contributed by atoms with Crippen LogP contribution in [0.15, 0.2) is 30.6 Å². The standard InChI is InChI=1S/C36H53N9O3Si/c1-34(2,3)48-33(46)45-23-36(7,24-47-49(10,11)35(4,5)6)27-19-25(18-26(20-37)31(27)45)28-12-13-38-32(39-28)40-29-21-43(9)41-30(29)22-44-16-14-42(8)15-17-44/h12-13,18-19,21H,14-17,22-24H2,1-11H3,(H,38,39,40)/t36-/m1/s1. The molecule has 0 spiro atoms. The molecule has 0 radical (unpaired) electrons. The number of hydrogen-bond donors (Lipinski definition) is 1. The zero-order valence-electron chi connectivity index (χ0n) is 31.1. The van der Waals surface area contributed by atoms with Gasteiger partial charge in [-0.15, -0.1) is 0 Å². The van der Waals surface area contributed by atoms with E-state index in [1.807, 2.05) is 46.1 Å². The average molecular weight is 688 g/mol. The third-order valence-electron chi connectivity index (χ3n) is 9.90. The number of hydrogen-bond acceptors (Lipinski definition) is 10. The second-order valence-electron chi connectivity index (χ2n) is 16.3. The molecule has 49 heavy (non-hydrogen) atoms. The molecule has 1 N–H and O–H groups in total. The molecule has 1 amide bonds. The van der Waals surface area contributed by atoms with Crippen molar-refractivity contribution in [3.63, 3.8) is 0 Å². The molecule has 1 fully saturated rings. The van der Waals surface area contributed by atoms with E-state index >= 15 is 0 Å². The SMILES string of the molecule is CN1CCN(Cc2nn(C)cc2Nc2nccc(-c3cc(C#N)c4c(c3)[C@@](C)(CO[Si](C)(C)C(C)(C)C)CN4C(=O)OC(C)(C)C)n2)CC1. The molecule has 3 aromatic rings. The number of fused-ring (bicyclic) bond motifs is 1. The highest BCUT2D eigenvalue weighted by Crippen LogP contribution is 2.47. The molecule has 1 atom stereocenters. The van der Waals surface area contributed by atoms with Gasteiger partial charge >= 0.3 is 6.09 Å². The number of nitriles is 1. The van der Waals surface area contributed by atoms with Crippen LogP contribution in [0.25, 0.3) is 11.3 Å². The van der Waals surface area contributed by atoms with Gasteiger partial charge in [0.2, 0.25) is 5.95 Å². The molecule has 1 saturated heterocycles. The number of amides is 1. The Morgan fingerprint density at radius 2 is 1.80 bits per heavy atom. The van der Waals surface area contributed by atoms with E-state index in [1.165, 1.54) is 0 Å². The number of nitrogens with zero attached hydrogens (tertiary/aromatic N) is 8. The number of benzene rings is 1. The highest BCUT2D eigenvalue weighted by molar-refractivity contribution is 6.74. The second-order valence-corrected chi connectivity index (χ2v) is 21.2. The first-order chi connectivity index (χ1) is 22.8. The first kappa shape index (κ1) is 36.4. The van der Waals surface area contributed by atoms with E-state index in [2.05, 4.69) is 74.0 Å². The lowest BCUT2D eigenvalue weighted by atomic mass is 9.83. The molecule has 4 heterocycles. The van der Waals surface area contributed by atoms with E-state index in [9.17, 15) is 10.1 Å². The van der Waals surface area contributed by atoms with Gasteiger partial charge in [-0.05, 0) is 69.7 Å². The molecule has 0 aliphatic carbocycles. The number of rotatable bonds is 8. The third kappa shape index (κ3) is 8.15. The van der Waals surface area contributed by atoms with Crippen molar-refractivity contribution < 1.29 is 14.0 Å². The summed E-state index contributed by atoms with van der Waals surface area (Å²) in [6.45, 7) is 24.2. The highest BCUT2D eigenvalue weighted by atomic mass is 28.4. The normalized spacial score (nSPS) is 19.1. The monoisotopic (exact) mass is 687 g/mol. The fourth-order valence-electron chi connectivity index (χ4n) is 5.96. The number of nitrogens with one attached hydrogen (secondary N) is 1. The van der Waals surface area contributed by atoms with E-state index < -0.39 is 25.4 Å². The summed E-state index contributed by atoms with van der Waals surface area (Å²) in [6.07, 6.45) is 3.18. The van der Waals surface area contributed by atoms with Crippen molar-refractivity contribution in [3.8, 4) is 17.3 Å². The van der Waals surface area contributed by atoms with Crippen molar-refractivity contribution in [3.05, 3.63) is 47.4 Å². The number of carbonyl (C=O) groups is 1. The number of likely N-dealkylation sites (N-methyl/N-ethyl adjacent to an activating group) is 1. The van der Waals surface area contributed by atoms with Crippen LogP contribution >= 0.6 is 0 Å². The molecule has 2 aromatic heterocycles. The van der Waals surface area contributed by atoms with E-state index in [-0.39, 0.29) is 5.04 Å². The Kier molecular flexibility index (Phi) is 10.0. The minimum atomic E-state index is -2.13. The maximum atomic E-state index is 13.6. The lowest BCUT2D eigenvalue weighted by Crippen LogP contribution is -2.46. The maximum Gasteiger partial charge on any atom is 0.414 e. The summed E-state index contributed by atoms with van der Waals surface area (Å²) >= 11 is 0. The van der Waals surface area contributed by atoms with Gasteiger partial charge in [-0.25, -0.2) is 14.8 Å². The van der Waals surface area contributed by atoms with Gasteiger partial charge in [0.05, 0.1) is 28.3 Å². The summed E-state index contributed by atoms with van der Waals surface area (Å²) in [7, 11) is 1.93. The molecular formula is C36H53N9O3Si. The summed E-state index contributed by atoms with van der Waals surface area (Å²) in [5.74, 6) is 0.434. The van der Waals surface area contributed by atoms with Gasteiger partial charge in [-0.2, -0.15) is 10.4 Å². The Bertz CT molecular complexity index is 1730. The molecule has 1 aromatic carbocycles. The van der Waals surface area contributed by atoms with Crippen LogP contribution in [-0.2, 0) is 28.2 Å². The maximum absolute atomic E-state index is 13.6. The topological polar surface area (TPSA) is 125 Å². The van der Waals surface area contributed by atoms with Gasteiger partial charge in [0, 0.05) is 76.3 Å². The van der Waals surface area contributed by atoms with Gasteiger partial charge in [0.25, 0.3) is 0 Å². The lowest BCUT2D eigenvalue weighted by molar-refractivity contribution is 0.0575. The zero-order valence-corrected chi connectivity index (χ0v) is 32.1. The summed E-state index contributed by atoms with van der Waals surface area (Å²) in [5.41, 5.74) is 3.73. The summed E-state index contributed by atoms with van der Waals surface area (Å²) < 4.78 is 14.4. The van der Waals surface area contributed by atoms with Crippen LogP contribution in [0.4, 0.5) is 22.1 Å². The van der Waals surface area contributed by atoms with Gasteiger partial charge in [-0.1, -0.05) is 27.7 Å². The van der Waals surface area contributed by atoms with Crippen LogP contribution in [0, 0.1) is 11.3 Å². The molecule has 0 unspecified atom stereocenters.